The fraction of sp³-hybridized carbons (Fsp3) is 0.409. The van der Waals surface area contributed by atoms with Crippen LogP contribution in [0.1, 0.15) is 18.4 Å². The number of carbonyl (C=O) groups excluding carboxylic acids is 1. The molecule has 13 heteroatoms. The predicted molar refractivity (Wildman–Crippen MR) is 123 cm³/mol. The van der Waals surface area contributed by atoms with Gasteiger partial charge in [-0.25, -0.2) is 27.4 Å². The second-order valence-electron chi connectivity index (χ2n) is 8.60. The lowest BCUT2D eigenvalue weighted by Gasteiger charge is -2.34. The maximum absolute atomic E-state index is 13.2. The minimum Gasteiger partial charge on any atom is -0.336 e. The van der Waals surface area contributed by atoms with Gasteiger partial charge in [0.2, 0.25) is 5.91 Å². The lowest BCUT2D eigenvalue weighted by atomic mass is 9.97. The number of fused-ring (bicyclic) bond motifs is 1. The van der Waals surface area contributed by atoms with Gasteiger partial charge in [-0.2, -0.15) is 13.2 Å². The first-order chi connectivity index (χ1) is 16.5. The van der Waals surface area contributed by atoms with Crippen LogP contribution >= 0.6 is 0 Å². The zero-order valence-electron chi connectivity index (χ0n) is 19.2. The van der Waals surface area contributed by atoms with Crippen molar-refractivity contribution in [3.63, 3.8) is 0 Å². The van der Waals surface area contributed by atoms with Crippen LogP contribution in [0.15, 0.2) is 47.8 Å². The molecule has 188 valence electrons. The lowest BCUT2D eigenvalue weighted by molar-refractivity contribution is -0.161. The summed E-state index contributed by atoms with van der Waals surface area (Å²) in [5, 5.41) is 2.16. The number of aromatic nitrogens is 3. The number of halogens is 3. The van der Waals surface area contributed by atoms with Crippen molar-refractivity contribution in [2.45, 2.75) is 30.8 Å². The van der Waals surface area contributed by atoms with Crippen molar-refractivity contribution in [2.24, 2.45) is 5.92 Å². The summed E-state index contributed by atoms with van der Waals surface area (Å²) in [5.74, 6) is -0.839. The summed E-state index contributed by atoms with van der Waals surface area (Å²) < 4.78 is 65.4. The second kappa shape index (κ2) is 9.46. The zero-order chi connectivity index (χ0) is 25.4. The minimum atomic E-state index is -4.46. The predicted octanol–water partition coefficient (Wildman–Crippen LogP) is 3.04. The summed E-state index contributed by atoms with van der Waals surface area (Å²) in [6.45, 7) is 1.29. The van der Waals surface area contributed by atoms with Crippen LogP contribution in [0, 0.1) is 12.8 Å². The molecule has 1 unspecified atom stereocenters. The van der Waals surface area contributed by atoms with Gasteiger partial charge in [0, 0.05) is 26.3 Å². The Labute approximate surface area is 200 Å². The maximum Gasteiger partial charge on any atom is 0.406 e. The molecule has 3 heterocycles. The van der Waals surface area contributed by atoms with Crippen LogP contribution in [0.25, 0.3) is 11.0 Å². The van der Waals surface area contributed by atoms with Gasteiger partial charge in [0.15, 0.2) is 11.5 Å². The first-order valence-electron chi connectivity index (χ1n) is 10.9. The van der Waals surface area contributed by atoms with Crippen molar-refractivity contribution in [2.75, 3.05) is 32.1 Å². The summed E-state index contributed by atoms with van der Waals surface area (Å²) >= 11 is 0. The smallest absolute Gasteiger partial charge is 0.336 e. The molecule has 4 rings (SSSR count). The molecule has 0 spiro atoms. The normalized spacial score (nSPS) is 17.5. The number of rotatable bonds is 6. The number of aryl methyl sites for hydroxylation is 1. The van der Waals surface area contributed by atoms with Gasteiger partial charge in [-0.15, -0.1) is 0 Å². The van der Waals surface area contributed by atoms with Crippen LogP contribution in [-0.2, 0) is 14.8 Å². The molecule has 35 heavy (non-hydrogen) atoms. The third-order valence-corrected chi connectivity index (χ3v) is 7.53. The van der Waals surface area contributed by atoms with Crippen molar-refractivity contribution in [3.05, 3.63) is 48.4 Å². The van der Waals surface area contributed by atoms with E-state index in [1.165, 1.54) is 24.7 Å². The highest BCUT2D eigenvalue weighted by molar-refractivity contribution is 7.90. The number of piperidine rings is 1. The number of carbonyl (C=O) groups is 1. The summed E-state index contributed by atoms with van der Waals surface area (Å²) in [6, 6.07) is 8.05. The highest BCUT2D eigenvalue weighted by Gasteiger charge is 2.35. The Morgan fingerprint density at radius 2 is 1.91 bits per heavy atom. The first kappa shape index (κ1) is 24.9. The Bertz CT molecular complexity index is 1320. The molecule has 1 aromatic carbocycles. The van der Waals surface area contributed by atoms with E-state index < -0.39 is 34.6 Å². The van der Waals surface area contributed by atoms with Gasteiger partial charge >= 0.3 is 6.18 Å². The third kappa shape index (κ3) is 5.40. The second-order valence-corrected chi connectivity index (χ2v) is 10.4. The number of benzene rings is 1. The number of amides is 1. The maximum atomic E-state index is 13.2. The summed E-state index contributed by atoms with van der Waals surface area (Å²) in [5.41, 5.74) is 4.20. The fourth-order valence-corrected chi connectivity index (χ4v) is 5.43. The van der Waals surface area contributed by atoms with Crippen LogP contribution in [0.3, 0.4) is 0 Å². The van der Waals surface area contributed by atoms with E-state index in [-0.39, 0.29) is 17.1 Å². The molecule has 1 aliphatic heterocycles. The molecule has 1 atom stereocenters. The number of nitrogens with one attached hydrogen (secondary N) is 1. The summed E-state index contributed by atoms with van der Waals surface area (Å²) in [4.78, 5) is 21.7. The van der Waals surface area contributed by atoms with E-state index in [0.29, 0.717) is 35.5 Å². The number of hydrogen-bond acceptors (Lipinski definition) is 7. The van der Waals surface area contributed by atoms with Crippen molar-refractivity contribution >= 4 is 32.8 Å². The molecule has 9 nitrogen and oxygen atoms in total. The van der Waals surface area contributed by atoms with E-state index in [2.05, 4.69) is 15.4 Å². The SMILES string of the molecule is Cc1ccc(S(=O)(=O)n2ccc3c(NN4CCCC(C(=O)N(C)CC(F)(F)F)C4)ncnc32)cc1. The van der Waals surface area contributed by atoms with Crippen LogP contribution < -0.4 is 5.43 Å². The first-order valence-corrected chi connectivity index (χ1v) is 12.4. The Morgan fingerprint density at radius 1 is 1.20 bits per heavy atom. The number of alkyl halides is 3. The fourth-order valence-electron chi connectivity index (χ4n) is 4.12. The van der Waals surface area contributed by atoms with E-state index in [4.69, 9.17) is 0 Å². The molecule has 0 bridgehead atoms. The van der Waals surface area contributed by atoms with Crippen molar-refractivity contribution < 1.29 is 26.4 Å². The molecule has 1 aliphatic rings. The van der Waals surface area contributed by atoms with Crippen LogP contribution in [0.4, 0.5) is 19.0 Å². The average Bonchev–Trinajstić information content (AvgIpc) is 3.24. The van der Waals surface area contributed by atoms with E-state index in [1.807, 2.05) is 6.92 Å². The molecule has 0 aliphatic carbocycles. The van der Waals surface area contributed by atoms with Gasteiger partial charge in [0.25, 0.3) is 10.0 Å². The molecule has 1 amide bonds. The monoisotopic (exact) mass is 510 g/mol. The molecule has 1 fully saturated rings. The molecular weight excluding hydrogens is 485 g/mol. The van der Waals surface area contributed by atoms with Gasteiger partial charge in [-0.1, -0.05) is 17.7 Å². The van der Waals surface area contributed by atoms with Gasteiger partial charge in [-0.3, -0.25) is 4.79 Å². The van der Waals surface area contributed by atoms with E-state index in [9.17, 15) is 26.4 Å². The minimum absolute atomic E-state index is 0.120. The van der Waals surface area contributed by atoms with Gasteiger partial charge < -0.3 is 10.3 Å². The Balaban J connectivity index is 1.54. The number of hydrazine groups is 1. The summed E-state index contributed by atoms with van der Waals surface area (Å²) in [6.07, 6.45) is -0.761. The largest absolute Gasteiger partial charge is 0.406 e. The Hall–Kier alpha value is -3.19. The zero-order valence-corrected chi connectivity index (χ0v) is 20.0. The third-order valence-electron chi connectivity index (χ3n) is 5.85. The van der Waals surface area contributed by atoms with Gasteiger partial charge in [0.05, 0.1) is 16.2 Å². The molecule has 1 N–H and O–H groups in total. The van der Waals surface area contributed by atoms with E-state index >= 15 is 0 Å². The van der Waals surface area contributed by atoms with Crippen LogP contribution in [-0.4, -0.2) is 71.0 Å². The molecular formula is C22H25F3N6O3S. The average molecular weight is 511 g/mol. The highest BCUT2D eigenvalue weighted by atomic mass is 32.2. The lowest BCUT2D eigenvalue weighted by Crippen LogP contribution is -2.47. The highest BCUT2D eigenvalue weighted by Crippen LogP contribution is 2.27. The molecule has 0 radical (unpaired) electrons. The molecule has 1 saturated heterocycles. The molecule has 0 saturated carbocycles. The van der Waals surface area contributed by atoms with E-state index in [0.717, 1.165) is 16.6 Å². The number of hydrogen-bond donors (Lipinski definition) is 1. The van der Waals surface area contributed by atoms with Crippen LogP contribution in [0.2, 0.25) is 0 Å². The summed E-state index contributed by atoms with van der Waals surface area (Å²) in [7, 11) is -2.74. The topological polar surface area (TPSA) is 100 Å². The van der Waals surface area contributed by atoms with E-state index in [1.54, 1.807) is 23.2 Å². The molecule has 2 aromatic heterocycles. The Kier molecular flexibility index (Phi) is 6.73. The van der Waals surface area contributed by atoms with Crippen molar-refractivity contribution in [1.82, 2.24) is 23.8 Å². The van der Waals surface area contributed by atoms with Gasteiger partial charge in [0.1, 0.15) is 12.9 Å². The number of nitrogens with zero attached hydrogens (tertiary/aromatic N) is 5. The number of anilines is 1. The molecule has 3 aromatic rings. The quantitative estimate of drug-likeness (QED) is 0.544. The standard InChI is InChI=1S/C22H25F3N6O3S/c1-15-5-7-17(8-6-15)35(33,34)31-11-9-18-19(26-14-27-20(18)31)28-30-10-3-4-16(12-30)21(32)29(2)13-22(23,24)25/h5-9,11,14,16H,3-4,10,12-13H2,1-2H3,(H,26,27,28). The van der Waals surface area contributed by atoms with Crippen molar-refractivity contribution in [1.29, 1.82) is 0 Å². The Morgan fingerprint density at radius 3 is 2.60 bits per heavy atom. The van der Waals surface area contributed by atoms with Gasteiger partial charge in [-0.05, 0) is 38.0 Å². The van der Waals surface area contributed by atoms with Crippen LogP contribution in [0.5, 0.6) is 0 Å². The van der Waals surface area contributed by atoms with Crippen molar-refractivity contribution in [3.8, 4) is 0 Å².